The zero-order chi connectivity index (χ0) is 26.5. The van der Waals surface area contributed by atoms with E-state index in [1.54, 1.807) is 0 Å². The number of imidazole rings is 1. The average Bonchev–Trinajstić information content (AvgIpc) is 3.45. The molecule has 8 heteroatoms. The minimum absolute atomic E-state index is 0.0308. The van der Waals surface area contributed by atoms with Gasteiger partial charge in [0.25, 0.3) is 5.91 Å². The van der Waals surface area contributed by atoms with Crippen LogP contribution < -0.4 is 10.5 Å². The van der Waals surface area contributed by atoms with Crippen LogP contribution in [0.3, 0.4) is 0 Å². The number of primary amides is 1. The molecule has 198 valence electrons. The zero-order valence-corrected chi connectivity index (χ0v) is 24.1. The highest BCUT2D eigenvalue weighted by Gasteiger charge is 2.40. The molecule has 1 amide bonds. The van der Waals surface area contributed by atoms with Crippen molar-refractivity contribution in [2.24, 2.45) is 5.73 Å². The van der Waals surface area contributed by atoms with E-state index in [4.69, 9.17) is 14.9 Å². The van der Waals surface area contributed by atoms with Crippen molar-refractivity contribution in [1.82, 2.24) is 14.5 Å². The van der Waals surface area contributed by atoms with E-state index < -0.39 is 14.2 Å². The van der Waals surface area contributed by atoms with Gasteiger partial charge in [0.2, 0.25) is 0 Å². The van der Waals surface area contributed by atoms with E-state index in [-0.39, 0.29) is 17.2 Å². The number of benzene rings is 1. The van der Waals surface area contributed by atoms with E-state index in [2.05, 4.69) is 86.6 Å². The number of hydrogen-bond donors (Lipinski definition) is 2. The molecule has 0 saturated carbocycles. The van der Waals surface area contributed by atoms with Crippen LogP contribution in [0.1, 0.15) is 95.2 Å². The number of nitrogens with zero attached hydrogens (tertiary/aromatic N) is 2. The maximum absolute atomic E-state index is 11.6. The van der Waals surface area contributed by atoms with Crippen LogP contribution in [0.15, 0.2) is 36.7 Å². The van der Waals surface area contributed by atoms with Gasteiger partial charge >= 0.3 is 0 Å². The molecule has 36 heavy (non-hydrogen) atoms. The first-order valence-electron chi connectivity index (χ1n) is 13.2. The van der Waals surface area contributed by atoms with Crippen LogP contribution in [0.5, 0.6) is 5.75 Å². The molecule has 0 aliphatic rings. The van der Waals surface area contributed by atoms with Crippen molar-refractivity contribution in [3.8, 4) is 5.75 Å². The van der Waals surface area contributed by atoms with Crippen molar-refractivity contribution in [3.63, 3.8) is 0 Å². The van der Waals surface area contributed by atoms with Gasteiger partial charge in [0, 0.05) is 24.6 Å². The van der Waals surface area contributed by atoms with E-state index in [9.17, 15) is 4.79 Å². The molecule has 2 unspecified atom stereocenters. The van der Waals surface area contributed by atoms with Gasteiger partial charge in [-0.05, 0) is 48.1 Å². The Morgan fingerprint density at radius 1 is 1.19 bits per heavy atom. The summed E-state index contributed by atoms with van der Waals surface area (Å²) in [6.07, 6.45) is 8.84. The number of nitrogens with one attached hydrogen (secondary N) is 1. The number of aromatic nitrogens is 3. The molecule has 3 aromatic rings. The summed E-state index contributed by atoms with van der Waals surface area (Å²) in [6, 6.07) is 8.42. The van der Waals surface area contributed by atoms with Gasteiger partial charge in [-0.3, -0.25) is 4.79 Å². The first kappa shape index (κ1) is 28.0. The summed E-state index contributed by atoms with van der Waals surface area (Å²) in [5.41, 5.74) is 6.84. The number of ether oxygens (including phenoxy) is 1. The number of unbranched alkanes of at least 4 members (excludes halogenated alkanes) is 3. The van der Waals surface area contributed by atoms with Gasteiger partial charge in [0.1, 0.15) is 23.5 Å². The molecule has 0 spiro atoms. The second kappa shape index (κ2) is 11.6. The number of amides is 1. The van der Waals surface area contributed by atoms with E-state index >= 15 is 0 Å². The third-order valence-electron chi connectivity index (χ3n) is 7.39. The fourth-order valence-electron chi connectivity index (χ4n) is 4.05. The molecular formula is C28H44N4O3Si. The number of carbonyl (C=O) groups is 1. The largest absolute Gasteiger partial charge is 0.494 e. The Balaban J connectivity index is 1.90. The predicted octanol–water partition coefficient (Wildman–Crippen LogP) is 7.14. The second-order valence-corrected chi connectivity index (χ2v) is 16.1. The van der Waals surface area contributed by atoms with Crippen LogP contribution in [0.4, 0.5) is 0 Å². The molecule has 2 heterocycles. The summed E-state index contributed by atoms with van der Waals surface area (Å²) in [6.45, 7) is 16.4. The molecular weight excluding hydrogens is 468 g/mol. The summed E-state index contributed by atoms with van der Waals surface area (Å²) in [5, 5.41) is 1.22. The van der Waals surface area contributed by atoms with Gasteiger partial charge in [-0.25, -0.2) is 4.98 Å². The minimum atomic E-state index is -2.10. The van der Waals surface area contributed by atoms with Gasteiger partial charge < -0.3 is 24.4 Å². The lowest BCUT2D eigenvalue weighted by Crippen LogP contribution is -2.43. The number of H-pyrrole nitrogens is 1. The van der Waals surface area contributed by atoms with Crippen LogP contribution in [0.2, 0.25) is 18.1 Å². The number of nitrogens with two attached hydrogens (primary N) is 1. The van der Waals surface area contributed by atoms with Gasteiger partial charge in [-0.2, -0.15) is 0 Å². The molecule has 0 radical (unpaired) electrons. The molecule has 2 atom stereocenters. The van der Waals surface area contributed by atoms with Crippen molar-refractivity contribution >= 4 is 25.1 Å². The monoisotopic (exact) mass is 512 g/mol. The molecule has 0 saturated heterocycles. The summed E-state index contributed by atoms with van der Waals surface area (Å²) in [7, 11) is -2.10. The molecule has 0 aliphatic carbocycles. The fourth-order valence-corrected chi connectivity index (χ4v) is 5.29. The first-order valence-corrected chi connectivity index (χ1v) is 16.1. The lowest BCUT2D eigenvalue weighted by atomic mass is 10.1. The lowest BCUT2D eigenvalue weighted by Gasteiger charge is -2.40. The Hall–Kier alpha value is -2.58. The van der Waals surface area contributed by atoms with Crippen molar-refractivity contribution in [2.75, 3.05) is 6.61 Å². The van der Waals surface area contributed by atoms with E-state index in [1.165, 1.54) is 25.5 Å². The van der Waals surface area contributed by atoms with Crippen molar-refractivity contribution in [2.45, 2.75) is 97.0 Å². The van der Waals surface area contributed by atoms with Crippen LogP contribution in [-0.2, 0) is 4.43 Å². The number of rotatable bonds is 13. The maximum atomic E-state index is 11.6. The van der Waals surface area contributed by atoms with E-state index in [0.717, 1.165) is 35.5 Å². The zero-order valence-electron chi connectivity index (χ0n) is 23.1. The summed E-state index contributed by atoms with van der Waals surface area (Å²) in [4.78, 5) is 19.1. The van der Waals surface area contributed by atoms with E-state index in [1.807, 2.05) is 6.07 Å². The smallest absolute Gasteiger partial charge is 0.266 e. The molecule has 1 aromatic carbocycles. The second-order valence-electron chi connectivity index (χ2n) is 11.4. The minimum Gasteiger partial charge on any atom is -0.494 e. The van der Waals surface area contributed by atoms with Crippen molar-refractivity contribution in [3.05, 3.63) is 48.2 Å². The third-order valence-corrected chi connectivity index (χ3v) is 11.9. The van der Waals surface area contributed by atoms with Crippen molar-refractivity contribution < 1.29 is 14.0 Å². The van der Waals surface area contributed by atoms with Crippen LogP contribution >= 0.6 is 0 Å². The number of fused-ring (bicyclic) bond motifs is 1. The van der Waals surface area contributed by atoms with Gasteiger partial charge in [-0.15, -0.1) is 0 Å². The SMILES string of the molecule is CCCCCCOc1ccc2ccn(C(CC(C)c3ncc(C(N)=O)[nH]3)O[Si](C)(C)C(C)(C)C)c2c1. The van der Waals surface area contributed by atoms with Crippen molar-refractivity contribution in [1.29, 1.82) is 0 Å². The highest BCUT2D eigenvalue weighted by molar-refractivity contribution is 6.74. The normalized spacial score (nSPS) is 14.2. The average molecular weight is 513 g/mol. The van der Waals surface area contributed by atoms with Crippen LogP contribution in [-0.4, -0.2) is 35.4 Å². The Kier molecular flexibility index (Phi) is 9.06. The highest BCUT2D eigenvalue weighted by atomic mass is 28.4. The number of carbonyl (C=O) groups excluding carboxylic acids is 1. The molecule has 0 aliphatic heterocycles. The van der Waals surface area contributed by atoms with Crippen LogP contribution in [0.25, 0.3) is 10.9 Å². The Labute approximate surface area is 216 Å². The molecule has 2 aromatic heterocycles. The van der Waals surface area contributed by atoms with Gasteiger partial charge in [0.15, 0.2) is 8.32 Å². The quantitative estimate of drug-likeness (QED) is 0.188. The standard InChI is InChI=1S/C28H44N4O3Si/c1-8-9-10-11-16-34-22-13-12-21-14-15-32(24(21)18-22)25(35-36(6,7)28(3,4)5)17-20(2)27-30-19-23(31-27)26(29)33/h12-15,18-20,25H,8-11,16-17H2,1-7H3,(H2,29,33)(H,30,31). The summed E-state index contributed by atoms with van der Waals surface area (Å²) in [5.74, 6) is 1.15. The number of hydrogen-bond acceptors (Lipinski definition) is 4. The summed E-state index contributed by atoms with van der Waals surface area (Å²) >= 11 is 0. The van der Waals surface area contributed by atoms with Gasteiger partial charge in [0.05, 0.1) is 18.3 Å². The topological polar surface area (TPSA) is 95.2 Å². The fraction of sp³-hybridized carbons (Fsp3) is 0.571. The molecule has 0 fully saturated rings. The van der Waals surface area contributed by atoms with Gasteiger partial charge in [-0.1, -0.05) is 53.9 Å². The van der Waals surface area contributed by atoms with Crippen LogP contribution in [0, 0.1) is 0 Å². The Morgan fingerprint density at radius 2 is 1.94 bits per heavy atom. The third kappa shape index (κ3) is 6.79. The summed E-state index contributed by atoms with van der Waals surface area (Å²) < 4.78 is 15.3. The maximum Gasteiger partial charge on any atom is 0.266 e. The molecule has 3 N–H and O–H groups in total. The number of aromatic amines is 1. The molecule has 0 bridgehead atoms. The predicted molar refractivity (Wildman–Crippen MR) is 149 cm³/mol. The molecule has 7 nitrogen and oxygen atoms in total. The Bertz CT molecular complexity index is 1150. The lowest BCUT2D eigenvalue weighted by molar-refractivity contribution is 0.0995. The van der Waals surface area contributed by atoms with E-state index in [0.29, 0.717) is 12.1 Å². The first-order chi connectivity index (χ1) is 16.9. The highest BCUT2D eigenvalue weighted by Crippen LogP contribution is 2.41. The Morgan fingerprint density at radius 3 is 2.58 bits per heavy atom. The molecule has 3 rings (SSSR count).